The first-order valence-electron chi connectivity index (χ1n) is 6.74. The van der Waals surface area contributed by atoms with Crippen molar-refractivity contribution in [2.24, 2.45) is 0 Å². The van der Waals surface area contributed by atoms with Crippen molar-refractivity contribution >= 4 is 28.3 Å². The van der Waals surface area contributed by atoms with E-state index in [-0.39, 0.29) is 17.0 Å². The van der Waals surface area contributed by atoms with Gasteiger partial charge in [0.25, 0.3) is 0 Å². The Hall–Kier alpha value is -2.33. The molecule has 1 heterocycles. The second kappa shape index (κ2) is 5.81. The summed E-state index contributed by atoms with van der Waals surface area (Å²) >= 11 is 5.73. The highest BCUT2D eigenvalue weighted by Gasteiger charge is 2.08. The largest absolute Gasteiger partial charge is 0.464 e. The van der Waals surface area contributed by atoms with Crippen LogP contribution in [-0.4, -0.2) is 0 Å². The molecular formula is C17H13ClFNO2. The summed E-state index contributed by atoms with van der Waals surface area (Å²) in [6.07, 6.45) is 1.44. The zero-order valence-corrected chi connectivity index (χ0v) is 12.6. The standard InChI is InChI=1S/C17H13ClFNO2/c1-10-2-5-16-13(6-10)17(21)11(9-22-16)8-20-12-3-4-15(19)14(18)7-12/h2-7,9,20H,8H2,1H3. The molecule has 0 aliphatic carbocycles. The van der Waals surface area contributed by atoms with Crippen LogP contribution in [0, 0.1) is 12.7 Å². The van der Waals surface area contributed by atoms with Crippen molar-refractivity contribution in [3.8, 4) is 0 Å². The Balaban J connectivity index is 1.89. The lowest BCUT2D eigenvalue weighted by atomic mass is 10.1. The molecule has 0 spiro atoms. The molecule has 1 N–H and O–H groups in total. The maximum absolute atomic E-state index is 13.1. The summed E-state index contributed by atoms with van der Waals surface area (Å²) in [7, 11) is 0. The van der Waals surface area contributed by atoms with Crippen LogP contribution in [0.3, 0.4) is 0 Å². The van der Waals surface area contributed by atoms with Crippen LogP contribution >= 0.6 is 11.6 Å². The van der Waals surface area contributed by atoms with Gasteiger partial charge in [-0.15, -0.1) is 0 Å². The predicted octanol–water partition coefficient (Wildman–Crippen LogP) is 4.51. The van der Waals surface area contributed by atoms with Gasteiger partial charge in [-0.2, -0.15) is 0 Å². The minimum Gasteiger partial charge on any atom is -0.464 e. The second-order valence-electron chi connectivity index (χ2n) is 5.07. The van der Waals surface area contributed by atoms with Crippen molar-refractivity contribution in [3.63, 3.8) is 0 Å². The number of fused-ring (bicyclic) bond motifs is 1. The van der Waals surface area contributed by atoms with Crippen molar-refractivity contribution < 1.29 is 8.81 Å². The minimum absolute atomic E-state index is 0.0335. The van der Waals surface area contributed by atoms with Gasteiger partial charge in [0.2, 0.25) is 0 Å². The van der Waals surface area contributed by atoms with Crippen molar-refractivity contribution in [1.82, 2.24) is 0 Å². The Bertz CT molecular complexity index is 905. The third kappa shape index (κ3) is 2.83. The average Bonchev–Trinajstić information content (AvgIpc) is 2.50. The molecule has 112 valence electrons. The molecule has 0 aliphatic rings. The molecule has 0 unspecified atom stereocenters. The molecule has 1 aromatic heterocycles. The molecular weight excluding hydrogens is 305 g/mol. The zero-order chi connectivity index (χ0) is 15.7. The molecule has 0 amide bonds. The summed E-state index contributed by atoms with van der Waals surface area (Å²) in [5, 5.41) is 3.62. The van der Waals surface area contributed by atoms with Crippen LogP contribution in [0.2, 0.25) is 5.02 Å². The van der Waals surface area contributed by atoms with E-state index < -0.39 is 5.82 Å². The van der Waals surface area contributed by atoms with E-state index in [2.05, 4.69) is 5.32 Å². The molecule has 0 atom stereocenters. The SMILES string of the molecule is Cc1ccc2occ(CNc3ccc(F)c(Cl)c3)c(=O)c2c1. The summed E-state index contributed by atoms with van der Waals surface area (Å²) in [6.45, 7) is 2.19. The molecule has 3 rings (SSSR count). The van der Waals surface area contributed by atoms with Crippen LogP contribution in [0.5, 0.6) is 0 Å². The summed E-state index contributed by atoms with van der Waals surface area (Å²) in [5.41, 5.74) is 2.61. The van der Waals surface area contributed by atoms with E-state index in [4.69, 9.17) is 16.0 Å². The monoisotopic (exact) mass is 317 g/mol. The number of anilines is 1. The number of nitrogens with one attached hydrogen (secondary N) is 1. The third-order valence-corrected chi connectivity index (χ3v) is 3.69. The zero-order valence-electron chi connectivity index (χ0n) is 11.8. The molecule has 22 heavy (non-hydrogen) atoms. The number of aryl methyl sites for hydroxylation is 1. The molecule has 5 heteroatoms. The smallest absolute Gasteiger partial charge is 0.197 e. The fourth-order valence-corrected chi connectivity index (χ4v) is 2.39. The highest BCUT2D eigenvalue weighted by molar-refractivity contribution is 6.31. The fourth-order valence-electron chi connectivity index (χ4n) is 2.21. The molecule has 0 aliphatic heterocycles. The Morgan fingerprint density at radius 2 is 2.05 bits per heavy atom. The lowest BCUT2D eigenvalue weighted by Gasteiger charge is -2.07. The van der Waals surface area contributed by atoms with Crippen LogP contribution in [-0.2, 0) is 6.54 Å². The first-order chi connectivity index (χ1) is 10.5. The van der Waals surface area contributed by atoms with Crippen LogP contribution in [0.4, 0.5) is 10.1 Å². The molecule has 0 radical (unpaired) electrons. The van der Waals surface area contributed by atoms with Gasteiger partial charge in [-0.1, -0.05) is 23.2 Å². The Labute approximate surface area is 131 Å². The van der Waals surface area contributed by atoms with E-state index in [1.165, 1.54) is 18.4 Å². The molecule has 2 aromatic carbocycles. The molecule has 0 saturated carbocycles. The first-order valence-corrected chi connectivity index (χ1v) is 7.12. The topological polar surface area (TPSA) is 42.2 Å². The predicted molar refractivity (Wildman–Crippen MR) is 86.0 cm³/mol. The summed E-state index contributed by atoms with van der Waals surface area (Å²) in [5.74, 6) is -0.479. The molecule has 3 aromatic rings. The number of hydrogen-bond donors (Lipinski definition) is 1. The van der Waals surface area contributed by atoms with Gasteiger partial charge < -0.3 is 9.73 Å². The number of benzene rings is 2. The Morgan fingerprint density at radius 3 is 2.82 bits per heavy atom. The fraction of sp³-hybridized carbons (Fsp3) is 0.118. The van der Waals surface area contributed by atoms with Gasteiger partial charge >= 0.3 is 0 Å². The van der Waals surface area contributed by atoms with E-state index >= 15 is 0 Å². The van der Waals surface area contributed by atoms with E-state index in [1.54, 1.807) is 18.2 Å². The average molecular weight is 318 g/mol. The van der Waals surface area contributed by atoms with E-state index in [0.29, 0.717) is 22.2 Å². The van der Waals surface area contributed by atoms with E-state index in [9.17, 15) is 9.18 Å². The number of halogens is 2. The normalized spacial score (nSPS) is 10.9. The summed E-state index contributed by atoms with van der Waals surface area (Å²) in [6, 6.07) is 9.79. The van der Waals surface area contributed by atoms with Gasteiger partial charge in [0.1, 0.15) is 11.4 Å². The van der Waals surface area contributed by atoms with Gasteiger partial charge in [0, 0.05) is 12.2 Å². The van der Waals surface area contributed by atoms with E-state index in [0.717, 1.165) is 5.56 Å². The van der Waals surface area contributed by atoms with Gasteiger partial charge in [0.15, 0.2) is 5.43 Å². The lowest BCUT2D eigenvalue weighted by molar-refractivity contribution is 0.594. The van der Waals surface area contributed by atoms with Crippen molar-refractivity contribution in [1.29, 1.82) is 0 Å². The Kier molecular flexibility index (Phi) is 3.86. The molecule has 3 nitrogen and oxygen atoms in total. The quantitative estimate of drug-likeness (QED) is 0.773. The van der Waals surface area contributed by atoms with Gasteiger partial charge in [0.05, 0.1) is 22.2 Å². The third-order valence-electron chi connectivity index (χ3n) is 3.40. The van der Waals surface area contributed by atoms with Crippen LogP contribution < -0.4 is 10.7 Å². The Morgan fingerprint density at radius 1 is 1.23 bits per heavy atom. The van der Waals surface area contributed by atoms with Gasteiger partial charge in [-0.25, -0.2) is 4.39 Å². The summed E-state index contributed by atoms with van der Waals surface area (Å²) < 4.78 is 18.6. The molecule has 0 saturated heterocycles. The lowest BCUT2D eigenvalue weighted by Crippen LogP contribution is -2.13. The maximum atomic E-state index is 13.1. The highest BCUT2D eigenvalue weighted by Crippen LogP contribution is 2.20. The number of hydrogen-bond acceptors (Lipinski definition) is 3. The van der Waals surface area contributed by atoms with Crippen LogP contribution in [0.25, 0.3) is 11.0 Å². The van der Waals surface area contributed by atoms with Gasteiger partial charge in [-0.05, 0) is 37.3 Å². The number of rotatable bonds is 3. The molecule has 0 fully saturated rings. The first kappa shape index (κ1) is 14.6. The minimum atomic E-state index is -0.479. The molecule has 0 bridgehead atoms. The van der Waals surface area contributed by atoms with Gasteiger partial charge in [-0.3, -0.25) is 4.79 Å². The highest BCUT2D eigenvalue weighted by atomic mass is 35.5. The van der Waals surface area contributed by atoms with Crippen LogP contribution in [0.15, 0.2) is 51.9 Å². The van der Waals surface area contributed by atoms with Crippen molar-refractivity contribution in [2.45, 2.75) is 13.5 Å². The maximum Gasteiger partial charge on any atom is 0.197 e. The second-order valence-corrected chi connectivity index (χ2v) is 5.48. The van der Waals surface area contributed by atoms with Crippen molar-refractivity contribution in [3.05, 3.63) is 74.9 Å². The van der Waals surface area contributed by atoms with E-state index in [1.807, 2.05) is 13.0 Å². The summed E-state index contributed by atoms with van der Waals surface area (Å²) in [4.78, 5) is 12.4. The van der Waals surface area contributed by atoms with Crippen molar-refractivity contribution in [2.75, 3.05) is 5.32 Å². The van der Waals surface area contributed by atoms with Crippen LogP contribution in [0.1, 0.15) is 11.1 Å².